The highest BCUT2D eigenvalue weighted by atomic mass is 19.2. The van der Waals surface area contributed by atoms with Crippen LogP contribution in [0.1, 0.15) is 32.0 Å². The molecule has 2 amide bonds. The van der Waals surface area contributed by atoms with Crippen LogP contribution in [0.5, 0.6) is 0 Å². The molecule has 0 spiro atoms. The van der Waals surface area contributed by atoms with Crippen molar-refractivity contribution in [2.24, 2.45) is 5.41 Å². The van der Waals surface area contributed by atoms with Crippen LogP contribution in [0, 0.1) is 22.9 Å². The Kier molecular flexibility index (Phi) is 5.07. The van der Waals surface area contributed by atoms with Crippen LogP contribution in [0.4, 0.5) is 18.9 Å². The third-order valence-electron chi connectivity index (χ3n) is 6.03. The fourth-order valence-corrected chi connectivity index (χ4v) is 4.19. The topological polar surface area (TPSA) is 78.7 Å². The van der Waals surface area contributed by atoms with Crippen molar-refractivity contribution < 1.29 is 27.9 Å². The zero-order chi connectivity index (χ0) is 22.7. The van der Waals surface area contributed by atoms with Gasteiger partial charge in [0.15, 0.2) is 17.5 Å². The predicted octanol–water partition coefficient (Wildman–Crippen LogP) is 2.01. The molecule has 10 heteroatoms. The summed E-state index contributed by atoms with van der Waals surface area (Å²) in [5.41, 5.74) is 0.576. The summed E-state index contributed by atoms with van der Waals surface area (Å²) in [6.45, 7) is 6.24. The minimum Gasteiger partial charge on any atom is -0.383 e. The number of amides is 2. The molecular formula is C21H23F3N4O3. The Morgan fingerprint density at radius 1 is 1.26 bits per heavy atom. The van der Waals surface area contributed by atoms with Crippen molar-refractivity contribution in [3.8, 4) is 0 Å². The lowest BCUT2D eigenvalue weighted by Crippen LogP contribution is -2.46. The summed E-state index contributed by atoms with van der Waals surface area (Å²) < 4.78 is 41.9. The third kappa shape index (κ3) is 3.58. The van der Waals surface area contributed by atoms with Gasteiger partial charge in [-0.25, -0.2) is 13.2 Å². The zero-order valence-electron chi connectivity index (χ0n) is 17.4. The van der Waals surface area contributed by atoms with Gasteiger partial charge in [-0.3, -0.25) is 14.3 Å². The molecule has 1 fully saturated rings. The molecule has 1 unspecified atom stereocenters. The zero-order valence-corrected chi connectivity index (χ0v) is 17.4. The van der Waals surface area contributed by atoms with E-state index in [4.69, 9.17) is 0 Å². The van der Waals surface area contributed by atoms with Gasteiger partial charge in [0.05, 0.1) is 37.1 Å². The first-order valence-electron chi connectivity index (χ1n) is 9.96. The van der Waals surface area contributed by atoms with Crippen LogP contribution in [-0.2, 0) is 29.1 Å². The quantitative estimate of drug-likeness (QED) is 0.747. The maximum atomic E-state index is 13.5. The van der Waals surface area contributed by atoms with Crippen molar-refractivity contribution >= 4 is 17.5 Å². The van der Waals surface area contributed by atoms with Gasteiger partial charge in [0.2, 0.25) is 5.91 Å². The van der Waals surface area contributed by atoms with Crippen molar-refractivity contribution in [3.05, 3.63) is 47.0 Å². The van der Waals surface area contributed by atoms with Crippen LogP contribution >= 0.6 is 0 Å². The average molecular weight is 436 g/mol. The van der Waals surface area contributed by atoms with E-state index in [0.29, 0.717) is 24.5 Å². The first-order chi connectivity index (χ1) is 14.5. The Bertz CT molecular complexity index is 1050. The number of hydrogen-bond acceptors (Lipinski definition) is 4. The summed E-state index contributed by atoms with van der Waals surface area (Å²) in [7, 11) is 0. The number of carbonyl (C=O) groups is 2. The standard InChI is InChI=1S/C21H23F3N4O3/c1-11-8-28-16(15(7-25-28)27-10-21(2,3)19(30)20(27)31)9-26(11)17(29)6-12-4-13(22)18(24)14(23)5-12/h4-5,7,11,19,30H,6,8-10H2,1-3H3/t11-,19?/m0/s1. The van der Waals surface area contributed by atoms with Crippen molar-refractivity contribution in [1.29, 1.82) is 0 Å². The van der Waals surface area contributed by atoms with Gasteiger partial charge in [-0.05, 0) is 24.6 Å². The number of anilines is 1. The van der Waals surface area contributed by atoms with Crippen LogP contribution in [0.25, 0.3) is 0 Å². The van der Waals surface area contributed by atoms with E-state index in [-0.39, 0.29) is 30.5 Å². The Labute approximate surface area is 177 Å². The fourth-order valence-electron chi connectivity index (χ4n) is 4.19. The number of benzene rings is 1. The molecule has 7 nitrogen and oxygen atoms in total. The van der Waals surface area contributed by atoms with Crippen LogP contribution in [-0.4, -0.2) is 50.3 Å². The molecule has 2 aliphatic rings. The number of halogens is 3. The molecular weight excluding hydrogens is 413 g/mol. The lowest BCUT2D eigenvalue weighted by atomic mass is 9.90. The maximum Gasteiger partial charge on any atom is 0.256 e. The van der Waals surface area contributed by atoms with E-state index in [1.165, 1.54) is 4.90 Å². The van der Waals surface area contributed by atoms with Crippen LogP contribution < -0.4 is 4.90 Å². The second-order valence-electron chi connectivity index (χ2n) is 8.89. The highest BCUT2D eigenvalue weighted by Gasteiger charge is 2.47. The SMILES string of the molecule is C[C@H]1Cn2ncc(N3CC(C)(C)C(O)C3=O)c2CN1C(=O)Cc1cc(F)c(F)c(F)c1. The maximum absolute atomic E-state index is 13.5. The van der Waals surface area contributed by atoms with Gasteiger partial charge < -0.3 is 14.9 Å². The first kappa shape index (κ1) is 21.4. The highest BCUT2D eigenvalue weighted by molar-refractivity contribution is 6.00. The van der Waals surface area contributed by atoms with E-state index in [1.54, 1.807) is 29.6 Å². The molecule has 31 heavy (non-hydrogen) atoms. The van der Waals surface area contributed by atoms with Gasteiger partial charge in [0, 0.05) is 18.0 Å². The van der Waals surface area contributed by atoms with E-state index >= 15 is 0 Å². The molecule has 0 radical (unpaired) electrons. The highest BCUT2D eigenvalue weighted by Crippen LogP contribution is 2.37. The van der Waals surface area contributed by atoms with Gasteiger partial charge in [0.1, 0.15) is 6.10 Å². The molecule has 2 aromatic rings. The van der Waals surface area contributed by atoms with Gasteiger partial charge in [-0.15, -0.1) is 0 Å². The number of fused-ring (bicyclic) bond motifs is 1. The molecule has 2 aliphatic heterocycles. The lowest BCUT2D eigenvalue weighted by molar-refractivity contribution is -0.134. The first-order valence-corrected chi connectivity index (χ1v) is 9.96. The van der Waals surface area contributed by atoms with Crippen molar-refractivity contribution in [2.75, 3.05) is 11.4 Å². The normalized spacial score (nSPS) is 22.7. The Morgan fingerprint density at radius 2 is 1.90 bits per heavy atom. The van der Waals surface area contributed by atoms with Gasteiger partial charge in [-0.1, -0.05) is 13.8 Å². The van der Waals surface area contributed by atoms with Crippen LogP contribution in [0.2, 0.25) is 0 Å². The van der Waals surface area contributed by atoms with E-state index in [0.717, 1.165) is 12.1 Å². The van der Waals surface area contributed by atoms with E-state index in [9.17, 15) is 27.9 Å². The molecule has 1 N–H and O–H groups in total. The number of nitrogens with zero attached hydrogens (tertiary/aromatic N) is 4. The van der Waals surface area contributed by atoms with E-state index < -0.39 is 34.9 Å². The summed E-state index contributed by atoms with van der Waals surface area (Å²) >= 11 is 0. The average Bonchev–Trinajstić information content (AvgIpc) is 3.18. The number of rotatable bonds is 3. The lowest BCUT2D eigenvalue weighted by Gasteiger charge is -2.35. The van der Waals surface area contributed by atoms with Gasteiger partial charge in [-0.2, -0.15) is 5.10 Å². The largest absolute Gasteiger partial charge is 0.383 e. The number of aliphatic hydroxyl groups is 1. The third-order valence-corrected chi connectivity index (χ3v) is 6.03. The summed E-state index contributed by atoms with van der Waals surface area (Å²) in [4.78, 5) is 28.5. The van der Waals surface area contributed by atoms with Crippen LogP contribution in [0.3, 0.4) is 0 Å². The number of carbonyl (C=O) groups excluding carboxylic acids is 2. The monoisotopic (exact) mass is 436 g/mol. The fraction of sp³-hybridized carbons (Fsp3) is 0.476. The molecule has 3 heterocycles. The van der Waals surface area contributed by atoms with E-state index in [2.05, 4.69) is 5.10 Å². The minimum absolute atomic E-state index is 0.0347. The van der Waals surface area contributed by atoms with Crippen molar-refractivity contribution in [1.82, 2.24) is 14.7 Å². The molecule has 166 valence electrons. The van der Waals surface area contributed by atoms with Gasteiger partial charge >= 0.3 is 0 Å². The molecule has 1 aromatic carbocycles. The minimum atomic E-state index is -1.57. The summed E-state index contributed by atoms with van der Waals surface area (Å²) in [6.07, 6.45) is 0.120. The van der Waals surface area contributed by atoms with Gasteiger partial charge in [0.25, 0.3) is 5.91 Å². The molecule has 0 bridgehead atoms. The van der Waals surface area contributed by atoms with Crippen molar-refractivity contribution in [2.45, 2.75) is 52.4 Å². The second-order valence-corrected chi connectivity index (χ2v) is 8.89. The summed E-state index contributed by atoms with van der Waals surface area (Å²) in [5.74, 6) is -5.07. The Balaban J connectivity index is 1.58. The number of hydrogen-bond donors (Lipinski definition) is 1. The number of aromatic nitrogens is 2. The smallest absolute Gasteiger partial charge is 0.256 e. The summed E-state index contributed by atoms with van der Waals surface area (Å²) in [6, 6.07) is 1.37. The molecule has 2 atom stereocenters. The Hall–Kier alpha value is -2.88. The molecule has 1 saturated heterocycles. The molecule has 0 saturated carbocycles. The van der Waals surface area contributed by atoms with Crippen molar-refractivity contribution in [3.63, 3.8) is 0 Å². The molecule has 1 aromatic heterocycles. The van der Waals surface area contributed by atoms with Crippen LogP contribution in [0.15, 0.2) is 18.3 Å². The summed E-state index contributed by atoms with van der Waals surface area (Å²) in [5, 5.41) is 14.6. The Morgan fingerprint density at radius 3 is 2.48 bits per heavy atom. The second kappa shape index (κ2) is 7.37. The predicted molar refractivity (Wildman–Crippen MR) is 104 cm³/mol. The molecule has 0 aliphatic carbocycles. The van der Waals surface area contributed by atoms with E-state index in [1.807, 2.05) is 6.92 Å². The number of aliphatic hydroxyl groups excluding tert-OH is 1. The molecule has 4 rings (SSSR count).